The first-order valence-corrected chi connectivity index (χ1v) is 9.43. The van der Waals surface area contributed by atoms with Crippen LogP contribution >= 0.6 is 0 Å². The molecule has 6 nitrogen and oxygen atoms in total. The molecule has 0 saturated carbocycles. The topological polar surface area (TPSA) is 72.3 Å². The predicted octanol–water partition coefficient (Wildman–Crippen LogP) is 5.77. The molecule has 0 saturated heterocycles. The number of azo groups is 1. The summed E-state index contributed by atoms with van der Waals surface area (Å²) in [6, 6.07) is 23.8. The maximum Gasteiger partial charge on any atom is 0.255 e. The van der Waals surface area contributed by atoms with Crippen LogP contribution in [0, 0.1) is 0 Å². The number of carbonyl (C=O) groups is 1. The second kappa shape index (κ2) is 10.7. The molecule has 0 heterocycles. The van der Waals surface area contributed by atoms with Crippen LogP contribution in [0.15, 0.2) is 89.1 Å². The van der Waals surface area contributed by atoms with Crippen LogP contribution in [-0.2, 0) is 4.74 Å². The number of ether oxygens (including phenoxy) is 2. The fraction of sp³-hybridized carbons (Fsp3) is 0.174. The highest BCUT2D eigenvalue weighted by Gasteiger charge is 2.07. The van der Waals surface area contributed by atoms with Gasteiger partial charge in [0.15, 0.2) is 0 Å². The predicted molar refractivity (Wildman–Crippen MR) is 113 cm³/mol. The van der Waals surface area contributed by atoms with E-state index in [1.54, 1.807) is 42.5 Å². The molecule has 0 atom stereocenters. The van der Waals surface area contributed by atoms with Crippen LogP contribution < -0.4 is 10.1 Å². The average molecular weight is 389 g/mol. The molecule has 1 amide bonds. The molecule has 148 valence electrons. The molecule has 0 radical (unpaired) electrons. The van der Waals surface area contributed by atoms with E-state index < -0.39 is 0 Å². The highest BCUT2D eigenvalue weighted by molar-refractivity contribution is 6.04. The number of carbonyl (C=O) groups excluding carboxylic acids is 1. The molecule has 0 aliphatic rings. The van der Waals surface area contributed by atoms with Gasteiger partial charge >= 0.3 is 0 Å². The third-order valence-electron chi connectivity index (χ3n) is 3.96. The third-order valence-corrected chi connectivity index (χ3v) is 3.96. The van der Waals surface area contributed by atoms with Gasteiger partial charge in [0, 0.05) is 17.9 Å². The van der Waals surface area contributed by atoms with Crippen molar-refractivity contribution in [2.45, 2.75) is 6.92 Å². The number of nitrogens with zero attached hydrogens (tertiary/aromatic N) is 2. The summed E-state index contributed by atoms with van der Waals surface area (Å²) >= 11 is 0. The Morgan fingerprint density at radius 3 is 2.31 bits per heavy atom. The zero-order valence-electron chi connectivity index (χ0n) is 16.2. The first kappa shape index (κ1) is 20.2. The van der Waals surface area contributed by atoms with Gasteiger partial charge in [0.25, 0.3) is 5.91 Å². The average Bonchev–Trinajstić information content (AvgIpc) is 2.77. The lowest BCUT2D eigenvalue weighted by atomic mass is 10.2. The maximum atomic E-state index is 12.5. The van der Waals surface area contributed by atoms with Crippen LogP contribution in [-0.4, -0.2) is 25.7 Å². The maximum absolute atomic E-state index is 12.5. The van der Waals surface area contributed by atoms with E-state index in [9.17, 15) is 4.79 Å². The van der Waals surface area contributed by atoms with Crippen molar-refractivity contribution >= 4 is 23.0 Å². The zero-order valence-corrected chi connectivity index (χ0v) is 16.2. The van der Waals surface area contributed by atoms with Gasteiger partial charge in [0.1, 0.15) is 12.4 Å². The molecule has 0 aliphatic carbocycles. The van der Waals surface area contributed by atoms with Gasteiger partial charge in [-0.3, -0.25) is 4.79 Å². The Kier molecular flexibility index (Phi) is 7.48. The molecule has 0 spiro atoms. The lowest BCUT2D eigenvalue weighted by Crippen LogP contribution is -2.12. The molecular formula is C23H23N3O3. The molecule has 3 aromatic rings. The number of nitrogens with one attached hydrogen (secondary N) is 1. The van der Waals surface area contributed by atoms with Crippen molar-refractivity contribution < 1.29 is 14.3 Å². The molecular weight excluding hydrogens is 366 g/mol. The molecule has 0 fully saturated rings. The van der Waals surface area contributed by atoms with Crippen LogP contribution in [0.5, 0.6) is 5.75 Å². The largest absolute Gasteiger partial charge is 0.491 e. The van der Waals surface area contributed by atoms with Crippen molar-refractivity contribution in [3.8, 4) is 5.75 Å². The number of anilines is 1. The number of hydrogen-bond acceptors (Lipinski definition) is 5. The van der Waals surface area contributed by atoms with E-state index in [4.69, 9.17) is 9.47 Å². The number of benzene rings is 3. The van der Waals surface area contributed by atoms with Crippen LogP contribution in [0.3, 0.4) is 0 Å². The van der Waals surface area contributed by atoms with Gasteiger partial charge in [-0.15, -0.1) is 0 Å². The van der Waals surface area contributed by atoms with Crippen LogP contribution in [0.1, 0.15) is 17.3 Å². The molecule has 3 rings (SSSR count). The lowest BCUT2D eigenvalue weighted by molar-refractivity contribution is 0.102. The number of amides is 1. The van der Waals surface area contributed by atoms with Crippen molar-refractivity contribution in [2.75, 3.05) is 25.1 Å². The van der Waals surface area contributed by atoms with E-state index in [-0.39, 0.29) is 5.91 Å². The number of rotatable bonds is 9. The number of hydrogen-bond donors (Lipinski definition) is 1. The smallest absolute Gasteiger partial charge is 0.255 e. The molecule has 6 heteroatoms. The lowest BCUT2D eigenvalue weighted by Gasteiger charge is -2.09. The van der Waals surface area contributed by atoms with E-state index in [0.717, 1.165) is 5.69 Å². The second-order valence-corrected chi connectivity index (χ2v) is 6.11. The third kappa shape index (κ3) is 6.55. The second-order valence-electron chi connectivity index (χ2n) is 6.11. The summed E-state index contributed by atoms with van der Waals surface area (Å²) in [5.74, 6) is 0.424. The van der Waals surface area contributed by atoms with Gasteiger partial charge in [-0.2, -0.15) is 10.2 Å². The van der Waals surface area contributed by atoms with Crippen molar-refractivity contribution in [1.29, 1.82) is 0 Å². The van der Waals surface area contributed by atoms with E-state index in [2.05, 4.69) is 15.5 Å². The summed E-state index contributed by atoms with van der Waals surface area (Å²) in [5, 5.41) is 11.2. The van der Waals surface area contributed by atoms with Gasteiger partial charge in [-0.1, -0.05) is 24.3 Å². The summed E-state index contributed by atoms with van der Waals surface area (Å²) < 4.78 is 10.8. The summed E-state index contributed by atoms with van der Waals surface area (Å²) in [4.78, 5) is 12.5. The minimum Gasteiger partial charge on any atom is -0.491 e. The van der Waals surface area contributed by atoms with Crippen molar-refractivity contribution in [3.05, 3.63) is 84.4 Å². The Hall–Kier alpha value is -3.51. The van der Waals surface area contributed by atoms with Gasteiger partial charge in [-0.05, 0) is 61.5 Å². The van der Waals surface area contributed by atoms with Crippen LogP contribution in [0.2, 0.25) is 0 Å². The Morgan fingerprint density at radius 1 is 0.862 bits per heavy atom. The first-order valence-electron chi connectivity index (χ1n) is 9.43. The highest BCUT2D eigenvalue weighted by Crippen LogP contribution is 2.21. The molecule has 0 aromatic heterocycles. The van der Waals surface area contributed by atoms with Crippen molar-refractivity contribution in [3.63, 3.8) is 0 Å². The van der Waals surface area contributed by atoms with Crippen LogP contribution in [0.25, 0.3) is 0 Å². The van der Waals surface area contributed by atoms with Gasteiger partial charge < -0.3 is 14.8 Å². The van der Waals surface area contributed by atoms with Crippen molar-refractivity contribution in [2.24, 2.45) is 10.2 Å². The van der Waals surface area contributed by atoms with E-state index in [0.29, 0.717) is 42.5 Å². The molecule has 29 heavy (non-hydrogen) atoms. The Labute approximate surface area is 170 Å². The van der Waals surface area contributed by atoms with E-state index >= 15 is 0 Å². The van der Waals surface area contributed by atoms with E-state index in [1.807, 2.05) is 43.3 Å². The van der Waals surface area contributed by atoms with Gasteiger partial charge in [0.05, 0.1) is 18.0 Å². The molecule has 0 unspecified atom stereocenters. The Bertz CT molecular complexity index is 941. The summed E-state index contributed by atoms with van der Waals surface area (Å²) in [7, 11) is 0. The molecule has 3 aromatic carbocycles. The van der Waals surface area contributed by atoms with Crippen molar-refractivity contribution in [1.82, 2.24) is 0 Å². The normalized spacial score (nSPS) is 10.8. The van der Waals surface area contributed by atoms with Gasteiger partial charge in [-0.25, -0.2) is 0 Å². The standard InChI is InChI=1S/C23H23N3O3/c1-2-28-15-16-29-22-10-6-7-18(17-22)23(27)24-19-11-13-21(14-12-19)26-25-20-8-4-3-5-9-20/h3-14,17H,2,15-16H2,1H3,(H,24,27). The molecule has 1 N–H and O–H groups in total. The fourth-order valence-electron chi connectivity index (χ4n) is 2.51. The Balaban J connectivity index is 1.57. The minimum atomic E-state index is -0.209. The molecule has 0 aliphatic heterocycles. The monoisotopic (exact) mass is 389 g/mol. The van der Waals surface area contributed by atoms with Crippen LogP contribution in [0.4, 0.5) is 17.1 Å². The summed E-state index contributed by atoms with van der Waals surface area (Å²) in [6.07, 6.45) is 0. The minimum absolute atomic E-state index is 0.209. The summed E-state index contributed by atoms with van der Waals surface area (Å²) in [6.45, 7) is 3.54. The first-order chi connectivity index (χ1) is 14.2. The SMILES string of the molecule is CCOCCOc1cccc(C(=O)Nc2ccc(N=Nc3ccccc3)cc2)c1. The highest BCUT2D eigenvalue weighted by atomic mass is 16.5. The molecule has 0 bridgehead atoms. The Morgan fingerprint density at radius 2 is 1.59 bits per heavy atom. The fourth-order valence-corrected chi connectivity index (χ4v) is 2.51. The van der Waals surface area contributed by atoms with E-state index in [1.165, 1.54) is 0 Å². The zero-order chi connectivity index (χ0) is 20.3. The van der Waals surface area contributed by atoms with Gasteiger partial charge in [0.2, 0.25) is 0 Å². The quantitative estimate of drug-likeness (QED) is 0.373. The summed E-state index contributed by atoms with van der Waals surface area (Å²) in [5.41, 5.74) is 2.69.